The Labute approximate surface area is 154 Å². The Balaban J connectivity index is 1.64. The van der Waals surface area contributed by atoms with E-state index in [0.717, 1.165) is 32.1 Å². The highest BCUT2D eigenvalue weighted by molar-refractivity contribution is 7.91. The first kappa shape index (κ1) is 18.9. The van der Waals surface area contributed by atoms with E-state index < -0.39 is 10.0 Å². The highest BCUT2D eigenvalue weighted by Gasteiger charge is 2.35. The van der Waals surface area contributed by atoms with Crippen molar-refractivity contribution < 1.29 is 13.2 Å². The van der Waals surface area contributed by atoms with E-state index in [2.05, 4.69) is 5.32 Å². The van der Waals surface area contributed by atoms with Crippen molar-refractivity contribution in [1.29, 1.82) is 0 Å². The molecule has 2 heterocycles. The first-order valence-electron chi connectivity index (χ1n) is 9.42. The molecule has 1 aromatic rings. The van der Waals surface area contributed by atoms with Gasteiger partial charge in [-0.1, -0.05) is 38.2 Å². The lowest BCUT2D eigenvalue weighted by molar-refractivity contribution is -0.122. The number of carbonyl (C=O) groups excluding carboxylic acids is 1. The molecule has 1 amide bonds. The number of carbonyl (C=O) groups is 1. The lowest BCUT2D eigenvalue weighted by atomic mass is 10.0. The number of hydrogen-bond donors (Lipinski definition) is 1. The third-order valence-electron chi connectivity index (χ3n) is 5.27. The second-order valence-corrected chi connectivity index (χ2v) is 10.2. The molecule has 1 aliphatic heterocycles. The molecular weight excluding hydrogens is 356 g/mol. The van der Waals surface area contributed by atoms with Gasteiger partial charge in [0.15, 0.2) is 0 Å². The summed E-state index contributed by atoms with van der Waals surface area (Å²) in [5.41, 5.74) is 0. The van der Waals surface area contributed by atoms with Crippen LogP contribution in [0.4, 0.5) is 0 Å². The van der Waals surface area contributed by atoms with Crippen molar-refractivity contribution in [2.75, 3.05) is 6.54 Å². The van der Waals surface area contributed by atoms with Crippen LogP contribution in [0.1, 0.15) is 64.2 Å². The molecule has 1 aromatic heterocycles. The van der Waals surface area contributed by atoms with Crippen molar-refractivity contribution in [3.8, 4) is 0 Å². The molecule has 0 spiro atoms. The SMILES string of the molecule is O=C(C[C@H]1CCCCN1S(=O)(=O)c1cccs1)NC1CCCCCC1. The number of nitrogens with zero attached hydrogens (tertiary/aromatic N) is 1. The average molecular weight is 385 g/mol. The summed E-state index contributed by atoms with van der Waals surface area (Å²) in [6, 6.07) is 3.46. The maximum Gasteiger partial charge on any atom is 0.252 e. The second kappa shape index (κ2) is 8.64. The lowest BCUT2D eigenvalue weighted by Crippen LogP contribution is -2.46. The normalized spacial score (nSPS) is 23.9. The van der Waals surface area contributed by atoms with Crippen molar-refractivity contribution in [2.45, 2.75) is 80.5 Å². The Bertz CT molecular complexity index is 650. The van der Waals surface area contributed by atoms with Crippen molar-refractivity contribution in [2.24, 2.45) is 0 Å². The summed E-state index contributed by atoms with van der Waals surface area (Å²) in [5.74, 6) is 0.00480. The Kier molecular flexibility index (Phi) is 6.52. The standard InChI is InChI=1S/C18H28N2O3S2/c21-17(19-15-8-3-1-2-4-9-15)14-16-10-5-6-12-20(16)25(22,23)18-11-7-13-24-18/h7,11,13,15-16H,1-6,8-10,12,14H2,(H,19,21)/t16-/m1/s1. The van der Waals surface area contributed by atoms with E-state index in [9.17, 15) is 13.2 Å². The fourth-order valence-electron chi connectivity index (χ4n) is 3.94. The fourth-order valence-corrected chi connectivity index (χ4v) is 6.76. The second-order valence-electron chi connectivity index (χ2n) is 7.16. The highest BCUT2D eigenvalue weighted by atomic mass is 32.2. The van der Waals surface area contributed by atoms with Gasteiger partial charge in [0.1, 0.15) is 4.21 Å². The molecule has 0 unspecified atom stereocenters. The highest BCUT2D eigenvalue weighted by Crippen LogP contribution is 2.29. The van der Waals surface area contributed by atoms with Crippen molar-refractivity contribution >= 4 is 27.3 Å². The first-order chi connectivity index (χ1) is 12.1. The van der Waals surface area contributed by atoms with E-state index in [-0.39, 0.29) is 24.4 Å². The van der Waals surface area contributed by atoms with Crippen LogP contribution < -0.4 is 5.32 Å². The van der Waals surface area contributed by atoms with Crippen LogP contribution in [0.25, 0.3) is 0 Å². The number of nitrogens with one attached hydrogen (secondary N) is 1. The molecule has 1 saturated carbocycles. The minimum absolute atomic E-state index is 0.00480. The van der Waals surface area contributed by atoms with Crippen molar-refractivity contribution in [3.05, 3.63) is 17.5 Å². The van der Waals surface area contributed by atoms with Crippen LogP contribution >= 0.6 is 11.3 Å². The smallest absolute Gasteiger partial charge is 0.252 e. The van der Waals surface area contributed by atoms with Crippen molar-refractivity contribution in [3.63, 3.8) is 0 Å². The molecule has 3 rings (SSSR count). The zero-order valence-corrected chi connectivity index (χ0v) is 16.3. The summed E-state index contributed by atoms with van der Waals surface area (Å²) < 4.78 is 27.7. The fraction of sp³-hybridized carbons (Fsp3) is 0.722. The number of piperidine rings is 1. The molecule has 0 radical (unpaired) electrons. The van der Waals surface area contributed by atoms with Crippen LogP contribution in [0.5, 0.6) is 0 Å². The predicted molar refractivity (Wildman–Crippen MR) is 100 cm³/mol. The van der Waals surface area contributed by atoms with Gasteiger partial charge in [-0.15, -0.1) is 11.3 Å². The maximum absolute atomic E-state index is 12.9. The van der Waals surface area contributed by atoms with Crippen molar-refractivity contribution in [1.82, 2.24) is 9.62 Å². The zero-order valence-electron chi connectivity index (χ0n) is 14.7. The molecule has 2 aliphatic rings. The van der Waals surface area contributed by atoms with Gasteiger partial charge in [-0.05, 0) is 37.1 Å². The average Bonchev–Trinajstić information content (AvgIpc) is 3.03. The molecule has 1 N–H and O–H groups in total. The van der Waals surface area contributed by atoms with Crippen LogP contribution in [-0.4, -0.2) is 37.3 Å². The van der Waals surface area contributed by atoms with Crippen LogP contribution in [0, 0.1) is 0 Å². The van der Waals surface area contributed by atoms with Gasteiger partial charge in [-0.25, -0.2) is 8.42 Å². The van der Waals surface area contributed by atoms with E-state index in [1.165, 1.54) is 37.0 Å². The summed E-state index contributed by atoms with van der Waals surface area (Å²) in [5, 5.41) is 4.94. The van der Waals surface area contributed by atoms with Gasteiger partial charge in [0.05, 0.1) is 0 Å². The molecule has 140 valence electrons. The van der Waals surface area contributed by atoms with Gasteiger partial charge in [0, 0.05) is 25.0 Å². The molecule has 1 atom stereocenters. The van der Waals surface area contributed by atoms with E-state index >= 15 is 0 Å². The monoisotopic (exact) mass is 384 g/mol. The van der Waals surface area contributed by atoms with Gasteiger partial charge in [0.2, 0.25) is 5.91 Å². The zero-order chi connectivity index (χ0) is 17.7. The quantitative estimate of drug-likeness (QED) is 0.790. The molecular formula is C18H28N2O3S2. The molecule has 1 saturated heterocycles. The summed E-state index contributed by atoms with van der Waals surface area (Å²) in [7, 11) is -3.48. The van der Waals surface area contributed by atoms with Gasteiger partial charge >= 0.3 is 0 Å². The first-order valence-corrected chi connectivity index (χ1v) is 11.7. The summed E-state index contributed by atoms with van der Waals surface area (Å²) in [6.07, 6.45) is 9.85. The molecule has 0 bridgehead atoms. The molecule has 2 fully saturated rings. The van der Waals surface area contributed by atoms with Gasteiger partial charge in [-0.2, -0.15) is 4.31 Å². The van der Waals surface area contributed by atoms with E-state index in [4.69, 9.17) is 0 Å². The Hall–Kier alpha value is -0.920. The third-order valence-corrected chi connectivity index (χ3v) is 8.60. The molecule has 1 aliphatic carbocycles. The van der Waals surface area contributed by atoms with Crippen LogP contribution in [0.15, 0.2) is 21.7 Å². The largest absolute Gasteiger partial charge is 0.353 e. The Morgan fingerprint density at radius 2 is 1.84 bits per heavy atom. The minimum atomic E-state index is -3.48. The third kappa shape index (κ3) is 4.83. The van der Waals surface area contributed by atoms with E-state index in [1.54, 1.807) is 21.8 Å². The van der Waals surface area contributed by atoms with Crippen LogP contribution in [0.3, 0.4) is 0 Å². The Morgan fingerprint density at radius 1 is 1.12 bits per heavy atom. The lowest BCUT2D eigenvalue weighted by Gasteiger charge is -2.34. The van der Waals surface area contributed by atoms with Crippen LogP contribution in [-0.2, 0) is 14.8 Å². The summed E-state index contributed by atoms with van der Waals surface area (Å²) in [6.45, 7) is 0.515. The predicted octanol–water partition coefficient (Wildman–Crippen LogP) is 3.52. The van der Waals surface area contributed by atoms with E-state index in [0.29, 0.717) is 10.8 Å². The molecule has 0 aromatic carbocycles. The number of hydrogen-bond acceptors (Lipinski definition) is 4. The minimum Gasteiger partial charge on any atom is -0.353 e. The molecule has 25 heavy (non-hydrogen) atoms. The molecule has 5 nitrogen and oxygen atoms in total. The maximum atomic E-state index is 12.9. The molecule has 7 heteroatoms. The number of rotatable bonds is 5. The summed E-state index contributed by atoms with van der Waals surface area (Å²) in [4.78, 5) is 12.5. The topological polar surface area (TPSA) is 66.5 Å². The van der Waals surface area contributed by atoms with E-state index in [1.807, 2.05) is 0 Å². The van der Waals surface area contributed by atoms with Gasteiger partial charge in [-0.3, -0.25) is 4.79 Å². The van der Waals surface area contributed by atoms with Crippen LogP contribution in [0.2, 0.25) is 0 Å². The number of sulfonamides is 1. The van der Waals surface area contributed by atoms with Gasteiger partial charge < -0.3 is 5.32 Å². The summed E-state index contributed by atoms with van der Waals surface area (Å²) >= 11 is 1.25. The Morgan fingerprint density at radius 3 is 2.52 bits per heavy atom. The number of amides is 1. The van der Waals surface area contributed by atoms with Gasteiger partial charge in [0.25, 0.3) is 10.0 Å². The number of thiophene rings is 1.